The Hall–Kier alpha value is -1.83. The highest BCUT2D eigenvalue weighted by atomic mass is 32.1. The number of nitrogens with zero attached hydrogens (tertiary/aromatic N) is 1. The van der Waals surface area contributed by atoms with E-state index in [-0.39, 0.29) is 6.10 Å². The van der Waals surface area contributed by atoms with Gasteiger partial charge in [0.25, 0.3) is 0 Å². The Bertz CT molecular complexity index is 716. The zero-order chi connectivity index (χ0) is 18.4. The first-order valence-corrected chi connectivity index (χ1v) is 9.90. The quantitative estimate of drug-likeness (QED) is 0.715. The minimum Gasteiger partial charge on any atom is -0.497 e. The molecule has 1 aliphatic heterocycles. The molecular weight excluding hydrogens is 368 g/mol. The fourth-order valence-electron chi connectivity index (χ4n) is 2.94. The third-order valence-corrected chi connectivity index (χ3v) is 5.53. The third-order valence-electron chi connectivity index (χ3n) is 4.31. The highest BCUT2D eigenvalue weighted by molar-refractivity contribution is 7.80. The summed E-state index contributed by atoms with van der Waals surface area (Å²) in [6.45, 7) is 2.38. The molecule has 1 aliphatic rings. The summed E-state index contributed by atoms with van der Waals surface area (Å²) in [5.41, 5.74) is 0.821. The number of ether oxygens (including phenoxy) is 3. The molecule has 1 fully saturated rings. The molecule has 0 amide bonds. The highest BCUT2D eigenvalue weighted by Crippen LogP contribution is 2.29. The molecule has 1 unspecified atom stereocenters. The van der Waals surface area contributed by atoms with Crippen molar-refractivity contribution in [1.29, 1.82) is 0 Å². The van der Waals surface area contributed by atoms with Crippen LogP contribution in [0.3, 0.4) is 0 Å². The van der Waals surface area contributed by atoms with Gasteiger partial charge in [0.05, 0.1) is 32.6 Å². The van der Waals surface area contributed by atoms with E-state index >= 15 is 0 Å². The van der Waals surface area contributed by atoms with E-state index < -0.39 is 0 Å². The van der Waals surface area contributed by atoms with Gasteiger partial charge < -0.3 is 24.4 Å². The van der Waals surface area contributed by atoms with Gasteiger partial charge in [0.15, 0.2) is 5.11 Å². The lowest BCUT2D eigenvalue weighted by Gasteiger charge is -2.28. The summed E-state index contributed by atoms with van der Waals surface area (Å²) in [5, 5.41) is 6.08. The average Bonchev–Trinajstić information content (AvgIpc) is 3.35. The van der Waals surface area contributed by atoms with Crippen LogP contribution in [0.5, 0.6) is 11.5 Å². The van der Waals surface area contributed by atoms with Gasteiger partial charge in [0, 0.05) is 24.1 Å². The Morgan fingerprint density at radius 2 is 2.23 bits per heavy atom. The molecule has 2 heterocycles. The molecule has 0 radical (unpaired) electrons. The van der Waals surface area contributed by atoms with Crippen molar-refractivity contribution >= 4 is 34.4 Å². The first kappa shape index (κ1) is 18.9. The van der Waals surface area contributed by atoms with E-state index in [1.807, 2.05) is 18.2 Å². The Morgan fingerprint density at radius 1 is 1.35 bits per heavy atom. The molecule has 2 aromatic rings. The van der Waals surface area contributed by atoms with Crippen LogP contribution >= 0.6 is 23.6 Å². The molecule has 0 spiro atoms. The predicted molar refractivity (Wildman–Crippen MR) is 109 cm³/mol. The first-order valence-electron chi connectivity index (χ1n) is 8.61. The van der Waals surface area contributed by atoms with Crippen molar-refractivity contribution in [2.75, 3.05) is 32.7 Å². The molecule has 1 aromatic heterocycles. The van der Waals surface area contributed by atoms with Crippen LogP contribution in [0, 0.1) is 0 Å². The van der Waals surface area contributed by atoms with Crippen LogP contribution in [0.25, 0.3) is 0 Å². The van der Waals surface area contributed by atoms with Gasteiger partial charge >= 0.3 is 0 Å². The second-order valence-electron chi connectivity index (χ2n) is 6.09. The SMILES string of the molecule is COc1ccc(NC(=S)N(Cc2cccs2)CC2CCCO2)c(OC)c1. The van der Waals surface area contributed by atoms with Crippen molar-refractivity contribution in [3.05, 3.63) is 40.6 Å². The van der Waals surface area contributed by atoms with Crippen LogP contribution in [0.1, 0.15) is 17.7 Å². The number of methoxy groups -OCH3 is 2. The number of rotatable bonds is 7. The lowest BCUT2D eigenvalue weighted by Crippen LogP contribution is -2.39. The molecule has 0 aliphatic carbocycles. The second kappa shape index (κ2) is 9.21. The zero-order valence-corrected chi connectivity index (χ0v) is 16.7. The average molecular weight is 393 g/mol. The summed E-state index contributed by atoms with van der Waals surface area (Å²) in [7, 11) is 3.27. The first-order chi connectivity index (χ1) is 12.7. The molecule has 1 N–H and O–H groups in total. The number of thiophene rings is 1. The summed E-state index contributed by atoms with van der Waals surface area (Å²) >= 11 is 7.45. The van der Waals surface area contributed by atoms with Crippen LogP contribution < -0.4 is 14.8 Å². The maximum atomic E-state index is 5.81. The lowest BCUT2D eigenvalue weighted by molar-refractivity contribution is 0.0907. The summed E-state index contributed by atoms with van der Waals surface area (Å²) < 4.78 is 16.5. The van der Waals surface area contributed by atoms with Gasteiger partial charge in [-0.15, -0.1) is 11.3 Å². The van der Waals surface area contributed by atoms with E-state index in [9.17, 15) is 0 Å². The monoisotopic (exact) mass is 392 g/mol. The number of thiocarbonyl (C=S) groups is 1. The Balaban J connectivity index is 1.73. The standard InChI is InChI=1S/C19H24N2O3S2/c1-22-14-7-8-17(18(11-14)23-2)20-19(25)21(12-15-5-3-9-24-15)13-16-6-4-10-26-16/h4,6-8,10-11,15H,3,5,9,12-13H2,1-2H3,(H,20,25). The van der Waals surface area contributed by atoms with Gasteiger partial charge in [0.1, 0.15) is 11.5 Å². The molecule has 140 valence electrons. The summed E-state index contributed by atoms with van der Waals surface area (Å²) in [6.07, 6.45) is 2.42. The van der Waals surface area contributed by atoms with Gasteiger partial charge in [0.2, 0.25) is 0 Å². The number of hydrogen-bond donors (Lipinski definition) is 1. The van der Waals surface area contributed by atoms with Gasteiger partial charge in [-0.3, -0.25) is 0 Å². The van der Waals surface area contributed by atoms with Crippen LogP contribution in [0.2, 0.25) is 0 Å². The van der Waals surface area contributed by atoms with Gasteiger partial charge in [-0.1, -0.05) is 6.07 Å². The van der Waals surface area contributed by atoms with Crippen molar-refractivity contribution < 1.29 is 14.2 Å². The number of anilines is 1. The van der Waals surface area contributed by atoms with E-state index in [0.29, 0.717) is 10.9 Å². The topological polar surface area (TPSA) is 43.0 Å². The van der Waals surface area contributed by atoms with E-state index in [1.54, 1.807) is 25.6 Å². The van der Waals surface area contributed by atoms with Crippen LogP contribution in [0.15, 0.2) is 35.7 Å². The Morgan fingerprint density at radius 3 is 2.88 bits per heavy atom. The molecule has 7 heteroatoms. The molecule has 5 nitrogen and oxygen atoms in total. The highest BCUT2D eigenvalue weighted by Gasteiger charge is 2.22. The molecule has 3 rings (SSSR count). The van der Waals surface area contributed by atoms with Crippen molar-refractivity contribution in [3.63, 3.8) is 0 Å². The van der Waals surface area contributed by atoms with E-state index in [4.69, 9.17) is 26.4 Å². The molecule has 1 saturated heterocycles. The summed E-state index contributed by atoms with van der Waals surface area (Å²) in [4.78, 5) is 3.44. The summed E-state index contributed by atoms with van der Waals surface area (Å²) in [5.74, 6) is 1.44. The largest absolute Gasteiger partial charge is 0.497 e. The predicted octanol–water partition coefficient (Wildman–Crippen LogP) is 4.14. The fraction of sp³-hybridized carbons (Fsp3) is 0.421. The molecule has 1 atom stereocenters. The van der Waals surface area contributed by atoms with Crippen molar-refractivity contribution in [1.82, 2.24) is 4.90 Å². The van der Waals surface area contributed by atoms with E-state index in [0.717, 1.165) is 44.0 Å². The molecule has 26 heavy (non-hydrogen) atoms. The summed E-state index contributed by atoms with van der Waals surface area (Å²) in [6, 6.07) is 9.84. The third kappa shape index (κ3) is 4.87. The van der Waals surface area contributed by atoms with E-state index in [2.05, 4.69) is 27.7 Å². The normalized spacial score (nSPS) is 16.3. The van der Waals surface area contributed by atoms with Crippen molar-refractivity contribution in [2.24, 2.45) is 0 Å². The molecule has 0 saturated carbocycles. The Kier molecular flexibility index (Phi) is 6.71. The smallest absolute Gasteiger partial charge is 0.173 e. The molecule has 1 aromatic carbocycles. The van der Waals surface area contributed by atoms with Crippen LogP contribution in [-0.2, 0) is 11.3 Å². The number of hydrogen-bond acceptors (Lipinski definition) is 5. The Labute approximate surface area is 163 Å². The fourth-order valence-corrected chi connectivity index (χ4v) is 3.91. The van der Waals surface area contributed by atoms with Crippen molar-refractivity contribution in [2.45, 2.75) is 25.5 Å². The minimum absolute atomic E-state index is 0.229. The zero-order valence-electron chi connectivity index (χ0n) is 15.1. The van der Waals surface area contributed by atoms with Gasteiger partial charge in [-0.25, -0.2) is 0 Å². The maximum Gasteiger partial charge on any atom is 0.173 e. The lowest BCUT2D eigenvalue weighted by atomic mass is 10.2. The second-order valence-corrected chi connectivity index (χ2v) is 7.51. The number of benzene rings is 1. The number of nitrogens with one attached hydrogen (secondary N) is 1. The van der Waals surface area contributed by atoms with Crippen LogP contribution in [-0.4, -0.2) is 43.5 Å². The van der Waals surface area contributed by atoms with E-state index in [1.165, 1.54) is 4.88 Å². The maximum absolute atomic E-state index is 5.81. The molecule has 0 bridgehead atoms. The van der Waals surface area contributed by atoms with Gasteiger partial charge in [-0.2, -0.15) is 0 Å². The molecular formula is C19H24N2O3S2. The van der Waals surface area contributed by atoms with Crippen molar-refractivity contribution in [3.8, 4) is 11.5 Å². The minimum atomic E-state index is 0.229. The van der Waals surface area contributed by atoms with Crippen LogP contribution in [0.4, 0.5) is 5.69 Å². The van der Waals surface area contributed by atoms with Gasteiger partial charge in [-0.05, 0) is 48.6 Å².